The van der Waals surface area contributed by atoms with Crippen molar-refractivity contribution >= 4 is 51.4 Å². The molecule has 2 aliphatic rings. The molecular formula is C101H116N2O3S3. The zero-order valence-corrected chi connectivity index (χ0v) is 68.6. The van der Waals surface area contributed by atoms with Gasteiger partial charge < -0.3 is 9.84 Å². The molecule has 3 heterocycles. The molecule has 566 valence electrons. The molecule has 0 saturated heterocycles. The number of thiophene rings is 2. The van der Waals surface area contributed by atoms with E-state index in [4.69, 9.17) is 13.5 Å². The monoisotopic (exact) mass is 1500 g/mol. The lowest BCUT2D eigenvalue weighted by atomic mass is 9.65. The number of carbonyl (C=O) groups is 1. The van der Waals surface area contributed by atoms with E-state index in [1.165, 1.54) is 290 Å². The van der Waals surface area contributed by atoms with Crippen LogP contribution in [0.3, 0.4) is 0 Å². The summed E-state index contributed by atoms with van der Waals surface area (Å²) < 4.78 is 16.9. The normalized spacial score (nSPS) is 13.3. The van der Waals surface area contributed by atoms with Crippen LogP contribution in [0.25, 0.3) is 52.8 Å². The van der Waals surface area contributed by atoms with Gasteiger partial charge in [0, 0.05) is 30.6 Å². The van der Waals surface area contributed by atoms with Crippen LogP contribution in [0.4, 0.5) is 0 Å². The molecule has 1 atom stereocenters. The van der Waals surface area contributed by atoms with Gasteiger partial charge in [0.05, 0.1) is 40.3 Å². The Morgan fingerprint density at radius 2 is 0.789 bits per heavy atom. The molecule has 2 aliphatic carbocycles. The zero-order chi connectivity index (χ0) is 75.4. The molecule has 11 aromatic rings. The van der Waals surface area contributed by atoms with Crippen LogP contribution >= 0.6 is 34.4 Å². The van der Waals surface area contributed by atoms with Gasteiger partial charge >= 0.3 is 5.97 Å². The molecule has 0 amide bonds. The minimum atomic E-state index is -0.956. The number of hydrogen-bond donors (Lipinski definition) is 1. The first-order valence-corrected chi connectivity index (χ1v) is 44.7. The number of aryl methyl sites for hydroxylation is 4. The van der Waals surface area contributed by atoms with E-state index in [0.29, 0.717) is 5.92 Å². The van der Waals surface area contributed by atoms with E-state index >= 15 is 0 Å². The van der Waals surface area contributed by atoms with Gasteiger partial charge in [-0.3, -0.25) is 0 Å². The molecule has 0 fully saturated rings. The second kappa shape index (κ2) is 38.6. The van der Waals surface area contributed by atoms with Crippen LogP contribution in [0.1, 0.15) is 310 Å². The Morgan fingerprint density at radius 3 is 1.23 bits per heavy atom. The van der Waals surface area contributed by atoms with Gasteiger partial charge in [-0.15, -0.1) is 22.7 Å². The van der Waals surface area contributed by atoms with Crippen molar-refractivity contribution in [1.29, 1.82) is 0 Å². The van der Waals surface area contributed by atoms with Crippen LogP contribution in [0, 0.1) is 17.8 Å². The summed E-state index contributed by atoms with van der Waals surface area (Å²) in [4.78, 5) is 16.8. The van der Waals surface area contributed by atoms with Gasteiger partial charge in [-0.05, 0) is 239 Å². The quantitative estimate of drug-likeness (QED) is 0.0305. The highest BCUT2D eigenvalue weighted by Crippen LogP contribution is 2.66. The summed E-state index contributed by atoms with van der Waals surface area (Å²) in [5.41, 5.74) is 22.9. The van der Waals surface area contributed by atoms with Gasteiger partial charge in [-0.25, -0.2) is 4.79 Å². The van der Waals surface area contributed by atoms with Gasteiger partial charge in [0.2, 0.25) is 0 Å². The molecule has 0 spiro atoms. The minimum Gasteiger partial charge on any atom is -0.493 e. The van der Waals surface area contributed by atoms with Crippen molar-refractivity contribution in [2.45, 2.75) is 258 Å². The number of hydrogen-bond acceptors (Lipinski definition) is 7. The Hall–Kier alpha value is -8.19. The number of unbranched alkanes of at least 4 members (excludes halogenated alkanes) is 20. The van der Waals surface area contributed by atoms with Gasteiger partial charge in [0.1, 0.15) is 16.8 Å². The zero-order valence-electron chi connectivity index (χ0n) is 66.1. The predicted molar refractivity (Wildman–Crippen MR) is 465 cm³/mol. The first-order chi connectivity index (χ1) is 53.6. The van der Waals surface area contributed by atoms with E-state index in [0.717, 1.165) is 70.6 Å². The number of benzene rings is 8. The van der Waals surface area contributed by atoms with Crippen LogP contribution in [-0.2, 0) is 36.5 Å². The molecule has 5 nitrogen and oxygen atoms in total. The highest BCUT2D eigenvalue weighted by Gasteiger charge is 2.53. The summed E-state index contributed by atoms with van der Waals surface area (Å²) in [6, 6.07) is 70.4. The lowest BCUT2D eigenvalue weighted by Crippen LogP contribution is -2.30. The Morgan fingerprint density at radius 1 is 0.394 bits per heavy atom. The molecule has 8 aromatic carbocycles. The molecule has 1 unspecified atom stereocenters. The number of aromatic nitrogens is 2. The first-order valence-electron chi connectivity index (χ1n) is 42.3. The summed E-state index contributed by atoms with van der Waals surface area (Å²) in [5, 5.41) is 9.64. The maximum atomic E-state index is 11.8. The lowest BCUT2D eigenvalue weighted by Gasteiger charge is -2.36. The van der Waals surface area contributed by atoms with Crippen LogP contribution in [0.2, 0.25) is 0 Å². The highest BCUT2D eigenvalue weighted by atomic mass is 32.1. The number of carboxylic acid groups (broad SMARTS) is 1. The summed E-state index contributed by atoms with van der Waals surface area (Å²) in [6.45, 7) is 14.6. The molecule has 0 saturated carbocycles. The van der Waals surface area contributed by atoms with Gasteiger partial charge in [0.15, 0.2) is 0 Å². The number of fused-ring (bicyclic) bond motifs is 7. The number of aromatic carboxylic acids is 1. The molecular weight excluding hydrogens is 1390 g/mol. The Kier molecular flexibility index (Phi) is 28.0. The maximum absolute atomic E-state index is 11.8. The molecule has 0 bridgehead atoms. The van der Waals surface area contributed by atoms with Crippen molar-refractivity contribution in [3.05, 3.63) is 265 Å². The number of carboxylic acids is 1. The summed E-state index contributed by atoms with van der Waals surface area (Å²) in [5.74, 6) is 7.31. The van der Waals surface area contributed by atoms with Crippen LogP contribution in [0.15, 0.2) is 182 Å². The third-order valence-corrected chi connectivity index (χ3v) is 26.7. The summed E-state index contributed by atoms with van der Waals surface area (Å²) in [6.07, 6.45) is 39.6. The second-order valence-corrected chi connectivity index (χ2v) is 34.2. The van der Waals surface area contributed by atoms with Gasteiger partial charge in [0.25, 0.3) is 0 Å². The van der Waals surface area contributed by atoms with Crippen molar-refractivity contribution in [1.82, 2.24) is 8.75 Å². The molecule has 0 radical (unpaired) electrons. The smallest absolute Gasteiger partial charge is 0.335 e. The average molecular weight is 1500 g/mol. The minimum absolute atomic E-state index is 0.235. The molecule has 13 rings (SSSR count). The third-order valence-electron chi connectivity index (χ3n) is 23.8. The van der Waals surface area contributed by atoms with Crippen LogP contribution < -0.4 is 4.74 Å². The fraction of sp³-hybridized carbons (Fsp3) is 0.416. The molecule has 109 heavy (non-hydrogen) atoms. The number of nitrogens with zero attached hydrogens (tertiary/aromatic N) is 2. The first kappa shape index (κ1) is 78.9. The molecule has 1 N–H and O–H groups in total. The molecule has 0 aliphatic heterocycles. The third kappa shape index (κ3) is 17.9. The summed E-state index contributed by atoms with van der Waals surface area (Å²) in [7, 11) is 0. The number of rotatable bonds is 42. The van der Waals surface area contributed by atoms with E-state index in [9.17, 15) is 9.90 Å². The van der Waals surface area contributed by atoms with Crippen molar-refractivity contribution in [3.8, 4) is 59.4 Å². The van der Waals surface area contributed by atoms with Crippen molar-refractivity contribution < 1.29 is 14.6 Å². The van der Waals surface area contributed by atoms with E-state index < -0.39 is 16.8 Å². The number of ether oxygens (including phenoxy) is 1. The molecule has 8 heteroatoms. The van der Waals surface area contributed by atoms with Gasteiger partial charge in [-0.2, -0.15) is 8.75 Å². The fourth-order valence-corrected chi connectivity index (χ4v) is 20.6. The van der Waals surface area contributed by atoms with Gasteiger partial charge in [-0.1, -0.05) is 292 Å². The lowest BCUT2D eigenvalue weighted by molar-refractivity contribution is 0.0696. The Balaban J connectivity index is 1.01. The molecule has 3 aromatic heterocycles. The standard InChI is InChI=1S/C101H116N2O3S3/c1-7-13-19-25-26-32-38-77(37-31-24-18-12-6)71-106-85-64-53-78(54-65-85)93-69-91-97(107-93)87-67-90-88(68-89(87)100(91,81-56-42-72(43-57-81)33-27-20-14-8-2)82-58-44-73(45-59-82)34-28-21-15-9-3)98-92(70-94(108-98)86-66-55-79(95-96(86)103-109-102-95)50-39-76-40-51-80(52-41-76)99(104)105)101(90,83-60-46-74(47-61-83)35-29-22-16-10-4)84-62-48-75(49-63-84)36-30-23-17-11-5/h40-49,51-70,77H,7-38,71H2,1-6H3,(H,104,105). The second-order valence-electron chi connectivity index (χ2n) is 31.5. The van der Waals surface area contributed by atoms with E-state index in [1.54, 1.807) is 24.3 Å². The fourth-order valence-electron chi connectivity index (χ4n) is 17.5. The van der Waals surface area contributed by atoms with Crippen molar-refractivity contribution in [2.24, 2.45) is 5.92 Å². The Bertz CT molecular complexity index is 4680. The summed E-state index contributed by atoms with van der Waals surface area (Å²) >= 11 is 5.10. The van der Waals surface area contributed by atoms with E-state index in [-0.39, 0.29) is 5.56 Å². The Labute approximate surface area is 665 Å². The van der Waals surface area contributed by atoms with E-state index in [1.807, 2.05) is 22.7 Å². The largest absolute Gasteiger partial charge is 0.493 e. The highest BCUT2D eigenvalue weighted by molar-refractivity contribution is 7.19. The average Bonchev–Trinajstić information content (AvgIpc) is 1.50. The SMILES string of the molecule is CCCCCCCCC(CCCCCC)COc1ccc(-c2cc3c(s2)-c2cc4c(cc2C3(c2ccc(CCCCCC)cc2)c2ccc(CCCCCC)cc2)-c2sc(-c3ccc(C#Cc5ccc(C(=O)O)cc5)c5nsnc35)cc2C4(c2ccc(CCCCCC)cc2)c2ccc(CCCCCC)cc2)cc1. The topological polar surface area (TPSA) is 72.3 Å². The van der Waals surface area contributed by atoms with Crippen molar-refractivity contribution in [2.75, 3.05) is 6.61 Å². The predicted octanol–water partition coefficient (Wildman–Crippen LogP) is 29.2. The maximum Gasteiger partial charge on any atom is 0.335 e. The van der Waals surface area contributed by atoms with Crippen molar-refractivity contribution in [3.63, 3.8) is 0 Å². The van der Waals surface area contributed by atoms with E-state index in [2.05, 4.69) is 211 Å². The van der Waals surface area contributed by atoms with Crippen LogP contribution in [-0.4, -0.2) is 26.4 Å². The van der Waals surface area contributed by atoms with Crippen LogP contribution in [0.5, 0.6) is 5.75 Å².